The molecule has 94 valence electrons. The molecule has 9 heteroatoms. The molecule has 0 fully saturated rings. The van der Waals surface area contributed by atoms with Crippen LogP contribution in [0.15, 0.2) is 17.0 Å². The average molecular weight is 282 g/mol. The van der Waals surface area contributed by atoms with Gasteiger partial charge in [-0.2, -0.15) is 0 Å². The van der Waals surface area contributed by atoms with Crippen molar-refractivity contribution in [1.29, 1.82) is 0 Å². The fourth-order valence-corrected chi connectivity index (χ4v) is 2.21. The highest BCUT2D eigenvalue weighted by Gasteiger charge is 2.27. The van der Waals surface area contributed by atoms with Crippen molar-refractivity contribution in [3.05, 3.63) is 22.2 Å². The van der Waals surface area contributed by atoms with Crippen LogP contribution in [0, 0.1) is 10.1 Å². The maximum Gasteiger partial charge on any atom is 0.316 e. The Morgan fingerprint density at radius 2 is 1.88 bits per heavy atom. The Morgan fingerprint density at radius 3 is 2.24 bits per heavy atom. The fourth-order valence-electron chi connectivity index (χ4n) is 1.20. The zero-order valence-corrected chi connectivity index (χ0v) is 10.4. The second-order valence-electron chi connectivity index (χ2n) is 2.87. The van der Waals surface area contributed by atoms with E-state index in [1.54, 1.807) is 0 Å². The lowest BCUT2D eigenvalue weighted by Crippen LogP contribution is -2.01. The lowest BCUT2D eigenvalue weighted by Gasteiger charge is -2.08. The molecule has 7 nitrogen and oxygen atoms in total. The van der Waals surface area contributed by atoms with Gasteiger partial charge >= 0.3 is 5.69 Å². The topological polar surface area (TPSA) is 95.7 Å². The lowest BCUT2D eigenvalue weighted by molar-refractivity contribution is -0.386. The quantitative estimate of drug-likeness (QED) is 0.472. The maximum absolute atomic E-state index is 11.3. The number of nitrogens with zero attached hydrogens (tertiary/aromatic N) is 1. The van der Waals surface area contributed by atoms with E-state index >= 15 is 0 Å². The zero-order valence-electron chi connectivity index (χ0n) is 8.84. The van der Waals surface area contributed by atoms with E-state index in [4.69, 9.17) is 20.2 Å². The molecule has 0 radical (unpaired) electrons. The Labute approximate surface area is 101 Å². The molecule has 17 heavy (non-hydrogen) atoms. The third kappa shape index (κ3) is 2.77. The van der Waals surface area contributed by atoms with Crippen LogP contribution in [-0.2, 0) is 9.05 Å². The summed E-state index contributed by atoms with van der Waals surface area (Å²) in [6.45, 7) is 0. The van der Waals surface area contributed by atoms with Gasteiger partial charge in [0.05, 0.1) is 25.2 Å². The molecule has 0 aromatic heterocycles. The van der Waals surface area contributed by atoms with Gasteiger partial charge < -0.3 is 9.47 Å². The number of methoxy groups -OCH3 is 2. The van der Waals surface area contributed by atoms with Crippen molar-refractivity contribution in [1.82, 2.24) is 0 Å². The van der Waals surface area contributed by atoms with Crippen LogP contribution in [0.5, 0.6) is 11.5 Å². The summed E-state index contributed by atoms with van der Waals surface area (Å²) in [5.74, 6) is -0.428. The van der Waals surface area contributed by atoms with Crippen LogP contribution in [-0.4, -0.2) is 27.6 Å². The van der Waals surface area contributed by atoms with Gasteiger partial charge in [0.15, 0.2) is 0 Å². The Morgan fingerprint density at radius 1 is 1.29 bits per heavy atom. The van der Waals surface area contributed by atoms with E-state index in [1.165, 1.54) is 7.11 Å². The first-order valence-electron chi connectivity index (χ1n) is 4.16. The van der Waals surface area contributed by atoms with E-state index in [-0.39, 0.29) is 5.75 Å². The Kier molecular flexibility index (Phi) is 3.79. The number of benzene rings is 1. The smallest absolute Gasteiger partial charge is 0.316 e. The van der Waals surface area contributed by atoms with E-state index in [0.717, 1.165) is 19.2 Å². The molecule has 1 rings (SSSR count). The first kappa shape index (κ1) is 13.5. The van der Waals surface area contributed by atoms with Gasteiger partial charge in [-0.3, -0.25) is 10.1 Å². The largest absolute Gasteiger partial charge is 0.496 e. The second kappa shape index (κ2) is 4.76. The standard InChI is InChI=1S/C8H8ClNO6S/c1-15-5-3-6(10(11)12)8(16-2)7(4-5)17(9,13)14/h3-4H,1-2H3. The van der Waals surface area contributed by atoms with Crippen molar-refractivity contribution in [2.45, 2.75) is 4.90 Å². The van der Waals surface area contributed by atoms with Crippen molar-refractivity contribution in [3.63, 3.8) is 0 Å². The molecule has 0 saturated heterocycles. The summed E-state index contributed by atoms with van der Waals surface area (Å²) >= 11 is 0. The summed E-state index contributed by atoms with van der Waals surface area (Å²) in [7, 11) is 3.35. The highest BCUT2D eigenvalue weighted by molar-refractivity contribution is 8.13. The van der Waals surface area contributed by atoms with Crippen molar-refractivity contribution in [3.8, 4) is 11.5 Å². The summed E-state index contributed by atoms with van der Waals surface area (Å²) < 4.78 is 32.0. The molecule has 0 aliphatic rings. The summed E-state index contributed by atoms with van der Waals surface area (Å²) in [6, 6.07) is 2.10. The van der Waals surface area contributed by atoms with E-state index < -0.39 is 30.3 Å². The van der Waals surface area contributed by atoms with E-state index in [2.05, 4.69) is 0 Å². The van der Waals surface area contributed by atoms with Crippen molar-refractivity contribution >= 4 is 25.4 Å². The van der Waals surface area contributed by atoms with Crippen LogP contribution >= 0.6 is 10.7 Å². The molecule has 0 N–H and O–H groups in total. The predicted octanol–water partition coefficient (Wildman–Crippen LogP) is 1.54. The minimum atomic E-state index is -4.17. The molecular formula is C8H8ClNO6S. The van der Waals surface area contributed by atoms with E-state index in [1.807, 2.05) is 0 Å². The number of hydrogen-bond acceptors (Lipinski definition) is 6. The molecule has 0 heterocycles. The lowest BCUT2D eigenvalue weighted by atomic mass is 10.3. The third-order valence-corrected chi connectivity index (χ3v) is 3.24. The SMILES string of the molecule is COc1cc([N+](=O)[O-])c(OC)c(S(=O)(=O)Cl)c1. The third-order valence-electron chi connectivity index (χ3n) is 1.91. The fraction of sp³-hybridized carbons (Fsp3) is 0.250. The molecule has 0 aliphatic heterocycles. The van der Waals surface area contributed by atoms with Crippen molar-refractivity contribution < 1.29 is 22.8 Å². The number of hydrogen-bond donors (Lipinski definition) is 0. The van der Waals surface area contributed by atoms with E-state index in [9.17, 15) is 18.5 Å². The maximum atomic E-state index is 11.3. The number of halogens is 1. The summed E-state index contributed by atoms with van der Waals surface area (Å²) in [5, 5.41) is 10.8. The first-order valence-corrected chi connectivity index (χ1v) is 6.47. The normalized spacial score (nSPS) is 11.0. The van der Waals surface area contributed by atoms with Gasteiger partial charge in [-0.25, -0.2) is 8.42 Å². The molecule has 1 aromatic carbocycles. The highest BCUT2D eigenvalue weighted by Crippen LogP contribution is 2.39. The van der Waals surface area contributed by atoms with Crippen LogP contribution in [0.2, 0.25) is 0 Å². The first-order chi connectivity index (χ1) is 7.81. The summed E-state index contributed by atoms with van der Waals surface area (Å²) in [4.78, 5) is 9.47. The van der Waals surface area contributed by atoms with Gasteiger partial charge in [0.25, 0.3) is 9.05 Å². The van der Waals surface area contributed by atoms with Gasteiger partial charge in [-0.1, -0.05) is 0 Å². The second-order valence-corrected chi connectivity index (χ2v) is 5.41. The number of nitro groups is 1. The average Bonchev–Trinajstić information content (AvgIpc) is 2.25. The van der Waals surface area contributed by atoms with Crippen LogP contribution < -0.4 is 9.47 Å². The molecule has 0 spiro atoms. The van der Waals surface area contributed by atoms with Gasteiger partial charge in [0.2, 0.25) is 5.75 Å². The number of rotatable bonds is 4. The van der Waals surface area contributed by atoms with Crippen LogP contribution in [0.25, 0.3) is 0 Å². The molecule has 0 atom stereocenters. The Hall–Kier alpha value is -1.54. The van der Waals surface area contributed by atoms with Crippen LogP contribution in [0.4, 0.5) is 5.69 Å². The summed E-state index contributed by atoms with van der Waals surface area (Å²) in [6.07, 6.45) is 0. The minimum Gasteiger partial charge on any atom is -0.496 e. The van der Waals surface area contributed by atoms with Gasteiger partial charge in [0.1, 0.15) is 10.6 Å². The van der Waals surface area contributed by atoms with Crippen LogP contribution in [0.1, 0.15) is 0 Å². The number of ether oxygens (including phenoxy) is 2. The van der Waals surface area contributed by atoms with Crippen LogP contribution in [0.3, 0.4) is 0 Å². The Balaban J connectivity index is 3.69. The van der Waals surface area contributed by atoms with Gasteiger partial charge in [0, 0.05) is 16.7 Å². The van der Waals surface area contributed by atoms with E-state index in [0.29, 0.717) is 0 Å². The molecule has 0 unspecified atom stereocenters. The molecule has 0 amide bonds. The molecular weight excluding hydrogens is 274 g/mol. The molecule has 0 aliphatic carbocycles. The zero-order chi connectivity index (χ0) is 13.2. The monoisotopic (exact) mass is 281 g/mol. The van der Waals surface area contributed by atoms with Crippen molar-refractivity contribution in [2.75, 3.05) is 14.2 Å². The molecule has 1 aromatic rings. The van der Waals surface area contributed by atoms with Crippen molar-refractivity contribution in [2.24, 2.45) is 0 Å². The Bertz CT molecular complexity index is 555. The van der Waals surface area contributed by atoms with Gasteiger partial charge in [-0.15, -0.1) is 0 Å². The highest BCUT2D eigenvalue weighted by atomic mass is 35.7. The molecule has 0 bridgehead atoms. The minimum absolute atomic E-state index is 0.00303. The summed E-state index contributed by atoms with van der Waals surface area (Å²) in [5.41, 5.74) is -0.536. The predicted molar refractivity (Wildman–Crippen MR) is 59.2 cm³/mol. The molecule has 0 saturated carbocycles. The number of nitro benzene ring substituents is 1. The van der Waals surface area contributed by atoms with Gasteiger partial charge in [-0.05, 0) is 0 Å².